The average Bonchev–Trinajstić information content (AvgIpc) is 2.56. The first-order chi connectivity index (χ1) is 11.0. The van der Waals surface area contributed by atoms with Gasteiger partial charge in [0.1, 0.15) is 5.75 Å². The van der Waals surface area contributed by atoms with E-state index in [1.54, 1.807) is 48.5 Å². The van der Waals surface area contributed by atoms with Gasteiger partial charge in [-0.25, -0.2) is 4.79 Å². The summed E-state index contributed by atoms with van der Waals surface area (Å²) in [5.41, 5.74) is 0.801. The molecule has 23 heavy (non-hydrogen) atoms. The molecule has 1 unspecified atom stereocenters. The number of carbonyl (C=O) groups is 2. The third-order valence-corrected chi connectivity index (χ3v) is 3.44. The van der Waals surface area contributed by atoms with Crippen LogP contribution < -0.4 is 10.1 Å². The second-order valence-corrected chi connectivity index (χ2v) is 5.15. The van der Waals surface area contributed by atoms with Crippen molar-refractivity contribution >= 4 is 29.2 Å². The maximum Gasteiger partial charge on any atom is 0.338 e. The zero-order chi connectivity index (χ0) is 16.8. The van der Waals surface area contributed by atoms with Crippen LogP contribution >= 0.6 is 11.6 Å². The molecule has 2 aromatic rings. The Labute approximate surface area is 139 Å². The molecule has 0 aromatic heterocycles. The number of anilines is 1. The minimum Gasteiger partial charge on any atom is -0.497 e. The number of para-hydroxylation sites is 1. The van der Waals surface area contributed by atoms with Crippen LogP contribution in [0.25, 0.3) is 0 Å². The predicted molar refractivity (Wildman–Crippen MR) is 88.0 cm³/mol. The van der Waals surface area contributed by atoms with Gasteiger partial charge in [0.25, 0.3) is 5.91 Å². The summed E-state index contributed by atoms with van der Waals surface area (Å²) in [7, 11) is 1.54. The second kappa shape index (κ2) is 7.65. The van der Waals surface area contributed by atoms with Crippen molar-refractivity contribution in [2.24, 2.45) is 0 Å². The molecule has 0 saturated heterocycles. The molecule has 0 radical (unpaired) electrons. The highest BCUT2D eigenvalue weighted by molar-refractivity contribution is 6.33. The van der Waals surface area contributed by atoms with Crippen LogP contribution in [-0.4, -0.2) is 25.1 Å². The molecule has 6 heteroatoms. The lowest BCUT2D eigenvalue weighted by molar-refractivity contribution is -0.123. The number of halogens is 1. The summed E-state index contributed by atoms with van der Waals surface area (Å²) in [6.45, 7) is 1.49. The van der Waals surface area contributed by atoms with Gasteiger partial charge in [-0.05, 0) is 43.3 Å². The van der Waals surface area contributed by atoms with Crippen molar-refractivity contribution < 1.29 is 19.1 Å². The normalized spacial score (nSPS) is 11.4. The van der Waals surface area contributed by atoms with Crippen LogP contribution in [0.15, 0.2) is 48.5 Å². The Kier molecular flexibility index (Phi) is 5.60. The van der Waals surface area contributed by atoms with Gasteiger partial charge in [-0.3, -0.25) is 4.79 Å². The van der Waals surface area contributed by atoms with E-state index in [9.17, 15) is 9.59 Å². The monoisotopic (exact) mass is 333 g/mol. The highest BCUT2D eigenvalue weighted by atomic mass is 35.5. The molecule has 0 aliphatic rings. The van der Waals surface area contributed by atoms with Gasteiger partial charge in [-0.2, -0.15) is 0 Å². The molecule has 120 valence electrons. The highest BCUT2D eigenvalue weighted by Crippen LogP contribution is 2.21. The number of hydrogen-bond acceptors (Lipinski definition) is 4. The third kappa shape index (κ3) is 4.47. The molecular formula is C17H16ClNO4. The topological polar surface area (TPSA) is 64.6 Å². The Morgan fingerprint density at radius 1 is 1.09 bits per heavy atom. The Balaban J connectivity index is 1.97. The minimum atomic E-state index is -0.958. The average molecular weight is 334 g/mol. The molecule has 0 spiro atoms. The van der Waals surface area contributed by atoms with Crippen LogP contribution in [0, 0.1) is 0 Å². The van der Waals surface area contributed by atoms with Crippen LogP contribution in [-0.2, 0) is 9.53 Å². The summed E-state index contributed by atoms with van der Waals surface area (Å²) < 4.78 is 10.2. The molecule has 2 aromatic carbocycles. The van der Waals surface area contributed by atoms with E-state index in [4.69, 9.17) is 21.1 Å². The van der Waals surface area contributed by atoms with E-state index in [1.807, 2.05) is 0 Å². The van der Waals surface area contributed by atoms with Gasteiger partial charge in [0.2, 0.25) is 0 Å². The Morgan fingerprint density at radius 3 is 2.35 bits per heavy atom. The van der Waals surface area contributed by atoms with Crippen LogP contribution in [0.2, 0.25) is 5.02 Å². The lowest BCUT2D eigenvalue weighted by atomic mass is 10.2. The van der Waals surface area contributed by atoms with Gasteiger partial charge < -0.3 is 14.8 Å². The van der Waals surface area contributed by atoms with Crippen molar-refractivity contribution in [2.45, 2.75) is 13.0 Å². The van der Waals surface area contributed by atoms with Gasteiger partial charge in [0, 0.05) is 0 Å². The molecule has 5 nitrogen and oxygen atoms in total. The number of ether oxygens (including phenoxy) is 2. The minimum absolute atomic E-state index is 0.336. The van der Waals surface area contributed by atoms with Crippen molar-refractivity contribution in [1.82, 2.24) is 0 Å². The van der Waals surface area contributed by atoms with E-state index >= 15 is 0 Å². The van der Waals surface area contributed by atoms with Crippen molar-refractivity contribution in [3.63, 3.8) is 0 Å². The highest BCUT2D eigenvalue weighted by Gasteiger charge is 2.19. The van der Waals surface area contributed by atoms with Gasteiger partial charge in [-0.1, -0.05) is 23.7 Å². The largest absolute Gasteiger partial charge is 0.497 e. The summed E-state index contributed by atoms with van der Waals surface area (Å²) in [5, 5.41) is 3.03. The quantitative estimate of drug-likeness (QED) is 0.850. The van der Waals surface area contributed by atoms with E-state index in [-0.39, 0.29) is 0 Å². The fraction of sp³-hybridized carbons (Fsp3) is 0.176. The zero-order valence-corrected chi connectivity index (χ0v) is 13.5. The molecule has 0 aliphatic carbocycles. The van der Waals surface area contributed by atoms with Gasteiger partial charge >= 0.3 is 5.97 Å². The number of carbonyl (C=O) groups excluding carboxylic acids is 2. The van der Waals surface area contributed by atoms with Crippen LogP contribution in [0.5, 0.6) is 5.75 Å². The SMILES string of the molecule is COc1ccc(C(=O)OC(C)C(=O)Nc2ccccc2Cl)cc1. The summed E-state index contributed by atoms with van der Waals surface area (Å²) >= 11 is 5.97. The number of hydrogen-bond donors (Lipinski definition) is 1. The molecule has 1 N–H and O–H groups in total. The number of benzene rings is 2. The summed E-state index contributed by atoms with van der Waals surface area (Å²) in [6, 6.07) is 13.2. The Bertz CT molecular complexity index is 700. The number of esters is 1. The number of rotatable bonds is 5. The molecule has 1 atom stereocenters. The zero-order valence-electron chi connectivity index (χ0n) is 12.7. The Hall–Kier alpha value is -2.53. The molecule has 0 fully saturated rings. The molecule has 1 amide bonds. The van der Waals surface area contributed by atoms with Crippen LogP contribution in [0.4, 0.5) is 5.69 Å². The maximum atomic E-state index is 12.1. The lowest BCUT2D eigenvalue weighted by Crippen LogP contribution is -2.30. The standard InChI is InChI=1S/C17H16ClNO4/c1-11(16(20)19-15-6-4-3-5-14(15)18)23-17(21)12-7-9-13(22-2)10-8-12/h3-11H,1-2H3,(H,19,20). The van der Waals surface area contributed by atoms with E-state index < -0.39 is 18.0 Å². The first kappa shape index (κ1) is 16.8. The lowest BCUT2D eigenvalue weighted by Gasteiger charge is -2.14. The molecule has 0 aliphatic heterocycles. The third-order valence-electron chi connectivity index (χ3n) is 3.11. The van der Waals surface area contributed by atoms with Crippen molar-refractivity contribution in [1.29, 1.82) is 0 Å². The van der Waals surface area contributed by atoms with Crippen molar-refractivity contribution in [3.8, 4) is 5.75 Å². The molecular weight excluding hydrogens is 318 g/mol. The summed E-state index contributed by atoms with van der Waals surface area (Å²) in [6.07, 6.45) is -0.958. The van der Waals surface area contributed by atoms with Crippen LogP contribution in [0.1, 0.15) is 17.3 Å². The summed E-state index contributed by atoms with van der Waals surface area (Å²) in [5.74, 6) is -0.416. The molecule has 0 bridgehead atoms. The van der Waals surface area contributed by atoms with E-state index in [0.717, 1.165) is 0 Å². The van der Waals surface area contributed by atoms with Crippen molar-refractivity contribution in [2.75, 3.05) is 12.4 Å². The van der Waals surface area contributed by atoms with E-state index in [1.165, 1.54) is 14.0 Å². The fourth-order valence-corrected chi connectivity index (χ4v) is 1.99. The van der Waals surface area contributed by atoms with Crippen LogP contribution in [0.3, 0.4) is 0 Å². The number of amides is 1. The Morgan fingerprint density at radius 2 is 1.74 bits per heavy atom. The predicted octanol–water partition coefficient (Wildman–Crippen LogP) is 3.53. The van der Waals surface area contributed by atoms with Crippen molar-refractivity contribution in [3.05, 3.63) is 59.1 Å². The smallest absolute Gasteiger partial charge is 0.338 e. The summed E-state index contributed by atoms with van der Waals surface area (Å²) in [4.78, 5) is 24.1. The molecule has 2 rings (SSSR count). The second-order valence-electron chi connectivity index (χ2n) is 4.75. The first-order valence-corrected chi connectivity index (χ1v) is 7.29. The van der Waals surface area contributed by atoms with Gasteiger partial charge in [0.15, 0.2) is 6.10 Å². The number of methoxy groups -OCH3 is 1. The molecule has 0 saturated carbocycles. The van der Waals surface area contributed by atoms with Gasteiger partial charge in [0.05, 0.1) is 23.4 Å². The van der Waals surface area contributed by atoms with Gasteiger partial charge in [-0.15, -0.1) is 0 Å². The van der Waals surface area contributed by atoms with E-state index in [0.29, 0.717) is 22.0 Å². The fourth-order valence-electron chi connectivity index (χ4n) is 1.81. The maximum absolute atomic E-state index is 12.1. The number of nitrogens with one attached hydrogen (secondary N) is 1. The first-order valence-electron chi connectivity index (χ1n) is 6.91. The van der Waals surface area contributed by atoms with E-state index in [2.05, 4.69) is 5.32 Å². The molecule has 0 heterocycles.